The molecule has 0 spiro atoms. The van der Waals surface area contributed by atoms with E-state index in [2.05, 4.69) is 25.0 Å². The molecular weight excluding hydrogens is 554 g/mol. The Balaban J connectivity index is 0.929. The molecule has 2 aromatic heterocycles. The minimum Gasteiger partial charge on any atom is -0.493 e. The zero-order valence-corrected chi connectivity index (χ0v) is 23.4. The van der Waals surface area contributed by atoms with Crippen LogP contribution in [0.15, 0.2) is 30.6 Å². The predicted molar refractivity (Wildman–Crippen MR) is 144 cm³/mol. The Labute approximate surface area is 240 Å². The smallest absolute Gasteiger partial charge is 0.453 e. The lowest BCUT2D eigenvalue weighted by Gasteiger charge is -2.32. The summed E-state index contributed by atoms with van der Waals surface area (Å²) >= 11 is 0. The van der Waals surface area contributed by atoms with E-state index in [-0.39, 0.29) is 43.4 Å². The molecule has 9 nitrogen and oxygen atoms in total. The van der Waals surface area contributed by atoms with Gasteiger partial charge in [-0.2, -0.15) is 13.2 Å². The Hall–Kier alpha value is -3.77. The number of nitrogens with zero attached hydrogens (tertiary/aromatic N) is 7. The number of hydrogen-bond donors (Lipinski definition) is 0. The van der Waals surface area contributed by atoms with Crippen LogP contribution in [0.1, 0.15) is 48.5 Å². The summed E-state index contributed by atoms with van der Waals surface area (Å²) in [6.45, 7) is 4.61. The van der Waals surface area contributed by atoms with Crippen molar-refractivity contribution in [2.45, 2.75) is 58.3 Å². The molecule has 0 bridgehead atoms. The average Bonchev–Trinajstić information content (AvgIpc) is 3.60. The third-order valence-electron chi connectivity index (χ3n) is 8.56. The highest BCUT2D eigenvalue weighted by atomic mass is 19.4. The highest BCUT2D eigenvalue weighted by molar-refractivity contribution is 5.79. The number of aromatic nitrogens is 5. The van der Waals surface area contributed by atoms with Gasteiger partial charge in [-0.05, 0) is 67.6 Å². The number of hydrogen-bond acceptors (Lipinski definition) is 7. The SMILES string of the molecule is Cc1cnc(N2CCC([C@H]3C[C@H]3CCOc3ccc(CC(=O)N4CCn5nc(C(F)(F)F)nc5C4)c(F)c3)CC2)nc1. The lowest BCUT2D eigenvalue weighted by atomic mass is 9.90. The minimum absolute atomic E-state index is 0.0614. The third-order valence-corrected chi connectivity index (χ3v) is 8.56. The van der Waals surface area contributed by atoms with Crippen molar-refractivity contribution in [3.8, 4) is 5.75 Å². The molecular formula is C29H33F4N7O2. The predicted octanol–water partition coefficient (Wildman–Crippen LogP) is 4.44. The molecule has 1 saturated heterocycles. The van der Waals surface area contributed by atoms with E-state index in [0.29, 0.717) is 30.1 Å². The molecule has 1 aliphatic carbocycles. The van der Waals surface area contributed by atoms with Crippen LogP contribution in [0.4, 0.5) is 23.5 Å². The van der Waals surface area contributed by atoms with Crippen LogP contribution < -0.4 is 9.64 Å². The van der Waals surface area contributed by atoms with Crippen molar-refractivity contribution in [1.29, 1.82) is 0 Å². The standard InChI is InChI=1S/C29H33F4N7O2/c1-18-15-34-28(35-16-18)38-7-4-19(5-8-38)23-12-20(23)6-11-42-22-3-2-21(24(30)14-22)13-26(41)39-9-10-40-25(17-39)36-27(37-40)29(31,32)33/h2-3,14-16,19-20,23H,4-13,17H2,1H3/t20-,23-/m1/s1. The molecule has 1 amide bonds. The van der Waals surface area contributed by atoms with Crippen molar-refractivity contribution in [2.75, 3.05) is 31.1 Å². The maximum atomic E-state index is 14.8. The van der Waals surface area contributed by atoms with Gasteiger partial charge in [-0.3, -0.25) is 4.79 Å². The fourth-order valence-corrected chi connectivity index (χ4v) is 6.09. The zero-order valence-electron chi connectivity index (χ0n) is 23.4. The minimum atomic E-state index is -4.65. The van der Waals surface area contributed by atoms with Crippen molar-refractivity contribution < 1.29 is 27.1 Å². The number of rotatable bonds is 8. The maximum Gasteiger partial charge on any atom is 0.453 e. The first-order valence-corrected chi connectivity index (χ1v) is 14.4. The van der Waals surface area contributed by atoms with Gasteiger partial charge in [0.15, 0.2) is 0 Å². The number of piperidine rings is 1. The van der Waals surface area contributed by atoms with Gasteiger partial charge in [0, 0.05) is 38.1 Å². The molecule has 0 radical (unpaired) electrons. The number of carbonyl (C=O) groups excluding carboxylic acids is 1. The number of amides is 1. The number of fused-ring (bicyclic) bond motifs is 1. The van der Waals surface area contributed by atoms with E-state index in [1.165, 1.54) is 23.5 Å². The van der Waals surface area contributed by atoms with E-state index in [4.69, 9.17) is 4.74 Å². The highest BCUT2D eigenvalue weighted by Crippen LogP contribution is 2.49. The van der Waals surface area contributed by atoms with Gasteiger partial charge in [0.2, 0.25) is 11.9 Å². The highest BCUT2D eigenvalue weighted by Gasteiger charge is 2.43. The first-order chi connectivity index (χ1) is 20.1. The summed E-state index contributed by atoms with van der Waals surface area (Å²) in [5, 5.41) is 3.47. The summed E-state index contributed by atoms with van der Waals surface area (Å²) < 4.78 is 60.5. The molecule has 42 heavy (non-hydrogen) atoms. The maximum absolute atomic E-state index is 14.8. The number of ether oxygens (including phenoxy) is 1. The van der Waals surface area contributed by atoms with Gasteiger partial charge < -0.3 is 14.5 Å². The number of aryl methyl sites for hydroxylation is 1. The molecule has 0 unspecified atom stereocenters. The van der Waals surface area contributed by atoms with Crippen LogP contribution in [0.3, 0.4) is 0 Å². The van der Waals surface area contributed by atoms with E-state index < -0.39 is 17.8 Å². The van der Waals surface area contributed by atoms with E-state index in [1.807, 2.05) is 19.3 Å². The second-order valence-electron chi connectivity index (χ2n) is 11.5. The molecule has 13 heteroatoms. The van der Waals surface area contributed by atoms with Gasteiger partial charge in [0.1, 0.15) is 17.4 Å². The van der Waals surface area contributed by atoms with Crippen molar-refractivity contribution >= 4 is 11.9 Å². The van der Waals surface area contributed by atoms with E-state index in [9.17, 15) is 22.4 Å². The third kappa shape index (κ3) is 6.34. The number of benzene rings is 1. The van der Waals surface area contributed by atoms with Crippen molar-refractivity contribution in [3.63, 3.8) is 0 Å². The number of anilines is 1. The summed E-state index contributed by atoms with van der Waals surface area (Å²) in [5.74, 6) is 1.17. The molecule has 3 aliphatic rings. The van der Waals surface area contributed by atoms with Crippen LogP contribution in [-0.2, 0) is 30.5 Å². The molecule has 3 aromatic rings. The van der Waals surface area contributed by atoms with Gasteiger partial charge >= 0.3 is 6.18 Å². The van der Waals surface area contributed by atoms with Crippen LogP contribution >= 0.6 is 0 Å². The van der Waals surface area contributed by atoms with Crippen molar-refractivity contribution in [2.24, 2.45) is 17.8 Å². The van der Waals surface area contributed by atoms with E-state index >= 15 is 0 Å². The number of halogens is 4. The Kier molecular flexibility index (Phi) is 7.75. The number of alkyl halides is 3. The lowest BCUT2D eigenvalue weighted by Crippen LogP contribution is -2.39. The van der Waals surface area contributed by atoms with Gasteiger partial charge in [-0.25, -0.2) is 24.0 Å². The average molecular weight is 588 g/mol. The second kappa shape index (κ2) is 11.5. The number of carbonyl (C=O) groups is 1. The lowest BCUT2D eigenvalue weighted by molar-refractivity contribution is -0.145. The van der Waals surface area contributed by atoms with Gasteiger partial charge in [-0.15, -0.1) is 5.10 Å². The zero-order chi connectivity index (χ0) is 29.4. The monoisotopic (exact) mass is 587 g/mol. The molecule has 1 saturated carbocycles. The van der Waals surface area contributed by atoms with Crippen LogP contribution in [-0.4, -0.2) is 61.8 Å². The molecule has 2 fully saturated rings. The van der Waals surface area contributed by atoms with Crippen LogP contribution in [0, 0.1) is 30.5 Å². The Morgan fingerprint density at radius 3 is 2.57 bits per heavy atom. The molecule has 0 N–H and O–H groups in total. The largest absolute Gasteiger partial charge is 0.493 e. The molecule has 2 aliphatic heterocycles. The van der Waals surface area contributed by atoms with Gasteiger partial charge in [0.25, 0.3) is 5.82 Å². The van der Waals surface area contributed by atoms with Crippen molar-refractivity contribution in [3.05, 3.63) is 59.2 Å². The Morgan fingerprint density at radius 2 is 1.86 bits per heavy atom. The fourth-order valence-electron chi connectivity index (χ4n) is 6.09. The first-order valence-electron chi connectivity index (χ1n) is 14.4. The summed E-state index contributed by atoms with van der Waals surface area (Å²) in [6.07, 6.45) is 3.25. The topological polar surface area (TPSA) is 89.3 Å². The van der Waals surface area contributed by atoms with E-state index in [0.717, 1.165) is 48.5 Å². The Morgan fingerprint density at radius 1 is 1.10 bits per heavy atom. The molecule has 2 atom stereocenters. The van der Waals surface area contributed by atoms with E-state index in [1.54, 1.807) is 6.07 Å². The normalized spacial score (nSPS) is 20.9. The molecule has 6 rings (SSSR count). The van der Waals surface area contributed by atoms with Crippen LogP contribution in [0.25, 0.3) is 0 Å². The fraction of sp³-hybridized carbons (Fsp3) is 0.552. The van der Waals surface area contributed by atoms with Gasteiger partial charge in [0.05, 0.1) is 26.1 Å². The summed E-state index contributed by atoms with van der Waals surface area (Å²) in [7, 11) is 0. The second-order valence-corrected chi connectivity index (χ2v) is 11.5. The van der Waals surface area contributed by atoms with Crippen molar-refractivity contribution in [1.82, 2.24) is 29.6 Å². The quantitative estimate of drug-likeness (QED) is 0.360. The summed E-state index contributed by atoms with van der Waals surface area (Å²) in [5.41, 5.74) is 1.27. The summed E-state index contributed by atoms with van der Waals surface area (Å²) in [6, 6.07) is 4.47. The Bertz CT molecular complexity index is 1420. The van der Waals surface area contributed by atoms with Crippen LogP contribution in [0.2, 0.25) is 0 Å². The molecule has 224 valence electrons. The molecule has 1 aromatic carbocycles. The summed E-state index contributed by atoms with van der Waals surface area (Å²) in [4.78, 5) is 28.8. The molecule has 4 heterocycles. The van der Waals surface area contributed by atoms with Crippen LogP contribution in [0.5, 0.6) is 5.75 Å². The first kappa shape index (κ1) is 28.4. The van der Waals surface area contributed by atoms with Gasteiger partial charge in [-0.1, -0.05) is 6.07 Å².